The van der Waals surface area contributed by atoms with Gasteiger partial charge >= 0.3 is 0 Å². The van der Waals surface area contributed by atoms with Crippen molar-refractivity contribution in [3.8, 4) is 0 Å². The van der Waals surface area contributed by atoms with E-state index in [1.54, 1.807) is 12.4 Å². The van der Waals surface area contributed by atoms with Gasteiger partial charge in [-0.15, -0.1) is 0 Å². The van der Waals surface area contributed by atoms with E-state index < -0.39 is 0 Å². The number of hydrogen-bond acceptors (Lipinski definition) is 2. The molecule has 78 valence electrons. The number of aromatic nitrogens is 1. The van der Waals surface area contributed by atoms with Gasteiger partial charge in [0.1, 0.15) is 0 Å². The van der Waals surface area contributed by atoms with E-state index in [0.717, 1.165) is 18.7 Å². The summed E-state index contributed by atoms with van der Waals surface area (Å²) in [4.78, 5) is 6.63. The zero-order chi connectivity index (χ0) is 10.6. The molecule has 4 heteroatoms. The first kappa shape index (κ1) is 11.8. The van der Waals surface area contributed by atoms with Crippen molar-refractivity contribution in [2.45, 2.75) is 18.2 Å². The predicted molar refractivity (Wildman–Crippen MR) is 65.5 cm³/mol. The normalized spacial score (nSPS) is 12.6. The van der Waals surface area contributed by atoms with Gasteiger partial charge < -0.3 is 4.90 Å². The van der Waals surface area contributed by atoms with Crippen molar-refractivity contribution >= 4 is 33.2 Å². The third kappa shape index (κ3) is 3.46. The van der Waals surface area contributed by atoms with Gasteiger partial charge in [0.05, 0.1) is 10.7 Å². The van der Waals surface area contributed by atoms with E-state index in [0.29, 0.717) is 9.85 Å². The van der Waals surface area contributed by atoms with Crippen LogP contribution in [0.3, 0.4) is 0 Å². The molecule has 1 atom stereocenters. The molecule has 0 aliphatic rings. The number of alkyl halides is 1. The summed E-state index contributed by atoms with van der Waals surface area (Å²) in [5, 5.41) is 0.706. The molecule has 0 saturated heterocycles. The smallest absolute Gasteiger partial charge is 0.0822 e. The molecule has 0 aliphatic heterocycles. The number of rotatable bonds is 4. The van der Waals surface area contributed by atoms with Crippen LogP contribution in [-0.2, 0) is 0 Å². The lowest BCUT2D eigenvalue weighted by molar-refractivity contribution is 0.787. The number of pyridine rings is 1. The molecule has 2 nitrogen and oxygen atoms in total. The summed E-state index contributed by atoms with van der Waals surface area (Å²) in [6, 6.07) is 1.93. The van der Waals surface area contributed by atoms with E-state index in [2.05, 4.69) is 32.7 Å². The number of hydrogen-bond donors (Lipinski definition) is 0. The Kier molecular flexibility index (Phi) is 4.69. The second kappa shape index (κ2) is 5.56. The zero-order valence-corrected chi connectivity index (χ0v) is 10.7. The van der Waals surface area contributed by atoms with Crippen LogP contribution in [0.5, 0.6) is 0 Å². The van der Waals surface area contributed by atoms with E-state index in [1.807, 2.05) is 13.1 Å². The second-order valence-corrected chi connectivity index (χ2v) is 5.29. The first-order chi connectivity index (χ1) is 6.61. The first-order valence-electron chi connectivity index (χ1n) is 4.56. The van der Waals surface area contributed by atoms with Gasteiger partial charge in [0.25, 0.3) is 0 Å². The SMILES string of the molecule is CC(Br)CCN(C)c1ccncc1Cl. The molecule has 0 fully saturated rings. The molecule has 14 heavy (non-hydrogen) atoms. The summed E-state index contributed by atoms with van der Waals surface area (Å²) in [6.07, 6.45) is 4.52. The van der Waals surface area contributed by atoms with Crippen molar-refractivity contribution in [1.82, 2.24) is 4.98 Å². The lowest BCUT2D eigenvalue weighted by Gasteiger charge is -2.20. The van der Waals surface area contributed by atoms with Crippen LogP contribution >= 0.6 is 27.5 Å². The lowest BCUT2D eigenvalue weighted by atomic mass is 10.3. The Morgan fingerprint density at radius 3 is 2.93 bits per heavy atom. The van der Waals surface area contributed by atoms with Crippen LogP contribution in [0, 0.1) is 0 Å². The minimum Gasteiger partial charge on any atom is -0.373 e. The van der Waals surface area contributed by atoms with Crippen LogP contribution < -0.4 is 4.90 Å². The molecular weight excluding hydrogens is 263 g/mol. The molecule has 0 saturated carbocycles. The highest BCUT2D eigenvalue weighted by molar-refractivity contribution is 9.09. The summed E-state index contributed by atoms with van der Waals surface area (Å²) in [5.74, 6) is 0. The molecule has 1 rings (SSSR count). The second-order valence-electron chi connectivity index (χ2n) is 3.32. The molecule has 0 radical (unpaired) electrons. The van der Waals surface area contributed by atoms with Crippen LogP contribution in [-0.4, -0.2) is 23.4 Å². The fraction of sp³-hybridized carbons (Fsp3) is 0.500. The van der Waals surface area contributed by atoms with E-state index in [1.165, 1.54) is 0 Å². The topological polar surface area (TPSA) is 16.1 Å². The number of nitrogens with zero attached hydrogens (tertiary/aromatic N) is 2. The molecule has 1 heterocycles. The lowest BCUT2D eigenvalue weighted by Crippen LogP contribution is -2.20. The Labute approximate surface area is 98.4 Å². The highest BCUT2D eigenvalue weighted by Gasteiger charge is 2.06. The summed E-state index contributed by atoms with van der Waals surface area (Å²) in [7, 11) is 2.04. The monoisotopic (exact) mass is 276 g/mol. The summed E-state index contributed by atoms with van der Waals surface area (Å²) < 4.78 is 0. The van der Waals surface area contributed by atoms with Crippen molar-refractivity contribution in [2.75, 3.05) is 18.5 Å². The molecule has 0 spiro atoms. The van der Waals surface area contributed by atoms with Crippen LogP contribution in [0.25, 0.3) is 0 Å². The highest BCUT2D eigenvalue weighted by Crippen LogP contribution is 2.23. The van der Waals surface area contributed by atoms with Gasteiger partial charge in [-0.05, 0) is 12.5 Å². The average molecular weight is 278 g/mol. The number of anilines is 1. The van der Waals surface area contributed by atoms with E-state index in [-0.39, 0.29) is 0 Å². The standard InChI is InChI=1S/C10H14BrClN2/c1-8(11)4-6-14(2)10-3-5-13-7-9(10)12/h3,5,7-8H,4,6H2,1-2H3. The zero-order valence-electron chi connectivity index (χ0n) is 8.37. The summed E-state index contributed by atoms with van der Waals surface area (Å²) in [5.41, 5.74) is 1.04. The maximum absolute atomic E-state index is 6.02. The molecule has 0 aliphatic carbocycles. The van der Waals surface area contributed by atoms with E-state index >= 15 is 0 Å². The Bertz CT molecular complexity index is 291. The predicted octanol–water partition coefficient (Wildman–Crippen LogP) is 3.34. The highest BCUT2D eigenvalue weighted by atomic mass is 79.9. The van der Waals surface area contributed by atoms with Crippen LogP contribution in [0.4, 0.5) is 5.69 Å². The molecule has 1 aromatic rings. The molecule has 0 bridgehead atoms. The Balaban J connectivity index is 2.60. The van der Waals surface area contributed by atoms with Crippen LogP contribution in [0.1, 0.15) is 13.3 Å². The van der Waals surface area contributed by atoms with Gasteiger partial charge in [-0.1, -0.05) is 34.5 Å². The van der Waals surface area contributed by atoms with E-state index in [4.69, 9.17) is 11.6 Å². The van der Waals surface area contributed by atoms with Crippen molar-refractivity contribution in [1.29, 1.82) is 0 Å². The van der Waals surface area contributed by atoms with Gasteiger partial charge in [0.15, 0.2) is 0 Å². The molecule has 1 unspecified atom stereocenters. The van der Waals surface area contributed by atoms with Crippen LogP contribution in [0.15, 0.2) is 18.5 Å². The maximum Gasteiger partial charge on any atom is 0.0822 e. The van der Waals surface area contributed by atoms with Gasteiger partial charge in [-0.2, -0.15) is 0 Å². The average Bonchev–Trinajstić information content (AvgIpc) is 2.15. The molecule has 0 amide bonds. The van der Waals surface area contributed by atoms with E-state index in [9.17, 15) is 0 Å². The third-order valence-corrected chi connectivity index (χ3v) is 2.77. The first-order valence-corrected chi connectivity index (χ1v) is 5.85. The third-order valence-electron chi connectivity index (χ3n) is 2.02. The number of halogens is 2. The quantitative estimate of drug-likeness (QED) is 0.785. The van der Waals surface area contributed by atoms with Crippen LogP contribution in [0.2, 0.25) is 5.02 Å². The van der Waals surface area contributed by atoms with Gasteiger partial charge in [0.2, 0.25) is 0 Å². The molecule has 1 aromatic heterocycles. The summed E-state index contributed by atoms with van der Waals surface area (Å²) in [6.45, 7) is 3.12. The minimum absolute atomic E-state index is 0.533. The fourth-order valence-corrected chi connectivity index (χ4v) is 1.64. The van der Waals surface area contributed by atoms with Gasteiger partial charge in [-0.3, -0.25) is 4.98 Å². The van der Waals surface area contributed by atoms with Crippen molar-refractivity contribution in [3.05, 3.63) is 23.5 Å². The Morgan fingerprint density at radius 2 is 2.36 bits per heavy atom. The van der Waals surface area contributed by atoms with Crippen molar-refractivity contribution in [3.63, 3.8) is 0 Å². The van der Waals surface area contributed by atoms with Gasteiger partial charge in [-0.25, -0.2) is 0 Å². The largest absolute Gasteiger partial charge is 0.373 e. The molecular formula is C10H14BrClN2. The van der Waals surface area contributed by atoms with Crippen molar-refractivity contribution in [2.24, 2.45) is 0 Å². The summed E-state index contributed by atoms with van der Waals surface area (Å²) >= 11 is 9.54. The molecule has 0 N–H and O–H groups in total. The Hall–Kier alpha value is -0.280. The maximum atomic E-state index is 6.02. The fourth-order valence-electron chi connectivity index (χ4n) is 1.17. The Morgan fingerprint density at radius 1 is 1.64 bits per heavy atom. The van der Waals surface area contributed by atoms with Gasteiger partial charge in [0, 0.05) is 30.8 Å². The van der Waals surface area contributed by atoms with Crippen molar-refractivity contribution < 1.29 is 0 Å². The molecule has 0 aromatic carbocycles. The minimum atomic E-state index is 0.533.